The second-order valence-electron chi connectivity index (χ2n) is 4.08. The summed E-state index contributed by atoms with van der Waals surface area (Å²) in [6.07, 6.45) is 5.93. The van der Waals surface area contributed by atoms with Crippen LogP contribution in [0.3, 0.4) is 0 Å². The highest BCUT2D eigenvalue weighted by molar-refractivity contribution is 5.78. The fourth-order valence-electron chi connectivity index (χ4n) is 1.66. The second-order valence-corrected chi connectivity index (χ2v) is 4.08. The Morgan fingerprint density at radius 1 is 1.39 bits per heavy atom. The molecule has 0 saturated carbocycles. The van der Waals surface area contributed by atoms with Crippen LogP contribution in [0.25, 0.3) is 0 Å². The van der Waals surface area contributed by atoms with Gasteiger partial charge in [0.2, 0.25) is 5.91 Å². The van der Waals surface area contributed by atoms with Gasteiger partial charge in [-0.15, -0.1) is 0 Å². The van der Waals surface area contributed by atoms with Crippen LogP contribution in [0, 0.1) is 6.92 Å². The lowest BCUT2D eigenvalue weighted by Crippen LogP contribution is -2.10. The van der Waals surface area contributed by atoms with Gasteiger partial charge in [0.1, 0.15) is 12.1 Å². The van der Waals surface area contributed by atoms with Crippen molar-refractivity contribution in [3.63, 3.8) is 0 Å². The molecule has 0 spiro atoms. The summed E-state index contributed by atoms with van der Waals surface area (Å²) in [7, 11) is 0. The molecule has 0 radical (unpaired) electrons. The number of para-hydroxylation sites is 1. The minimum Gasteiger partial charge on any atom is -0.493 e. The zero-order valence-electron chi connectivity index (χ0n) is 10.4. The number of aryl methyl sites for hydroxylation is 1. The van der Waals surface area contributed by atoms with E-state index >= 15 is 0 Å². The fourth-order valence-corrected chi connectivity index (χ4v) is 1.66. The molecule has 4 heteroatoms. The van der Waals surface area contributed by atoms with Crippen molar-refractivity contribution in [2.24, 2.45) is 0 Å². The zero-order valence-corrected chi connectivity index (χ0v) is 10.4. The van der Waals surface area contributed by atoms with Crippen molar-refractivity contribution in [2.45, 2.75) is 19.8 Å². The predicted octanol–water partition coefficient (Wildman–Crippen LogP) is 2.69. The molecule has 0 atom stereocenters. The minimum atomic E-state index is 0.0425. The first-order valence-electron chi connectivity index (χ1n) is 5.97. The molecule has 2 aromatic rings. The Hall–Kier alpha value is -2.10. The maximum absolute atomic E-state index is 11.7. The molecule has 1 aromatic heterocycles. The van der Waals surface area contributed by atoms with Gasteiger partial charge in [-0.2, -0.15) is 0 Å². The number of rotatable bonds is 5. The summed E-state index contributed by atoms with van der Waals surface area (Å²) in [6, 6.07) is 7.86. The number of carbonyl (C=O) groups excluding carboxylic acids is 1. The first kappa shape index (κ1) is 12.4. The highest BCUT2D eigenvalue weighted by atomic mass is 16.5. The first-order chi connectivity index (χ1) is 8.77. The Morgan fingerprint density at radius 3 is 2.94 bits per heavy atom. The minimum absolute atomic E-state index is 0.0425. The number of imidazole rings is 1. The van der Waals surface area contributed by atoms with Crippen LogP contribution in [0.5, 0.6) is 5.75 Å². The van der Waals surface area contributed by atoms with Crippen LogP contribution in [-0.2, 0) is 0 Å². The van der Waals surface area contributed by atoms with Gasteiger partial charge in [-0.25, -0.2) is 4.98 Å². The largest absolute Gasteiger partial charge is 0.493 e. The van der Waals surface area contributed by atoms with Gasteiger partial charge < -0.3 is 4.74 Å². The van der Waals surface area contributed by atoms with Gasteiger partial charge in [-0.3, -0.25) is 9.36 Å². The van der Waals surface area contributed by atoms with E-state index in [2.05, 4.69) is 4.98 Å². The fraction of sp³-hybridized carbons (Fsp3) is 0.286. The van der Waals surface area contributed by atoms with Crippen molar-refractivity contribution in [2.75, 3.05) is 6.61 Å². The van der Waals surface area contributed by atoms with Crippen LogP contribution in [0.4, 0.5) is 0 Å². The summed E-state index contributed by atoms with van der Waals surface area (Å²) in [5.41, 5.74) is 1.11. The van der Waals surface area contributed by atoms with Crippen molar-refractivity contribution < 1.29 is 9.53 Å². The zero-order chi connectivity index (χ0) is 12.8. The predicted molar refractivity (Wildman–Crippen MR) is 68.8 cm³/mol. The molecule has 1 heterocycles. The number of benzene rings is 1. The van der Waals surface area contributed by atoms with Gasteiger partial charge in [0, 0.05) is 18.8 Å². The number of ether oxygens (including phenoxy) is 1. The van der Waals surface area contributed by atoms with Crippen molar-refractivity contribution in [1.82, 2.24) is 9.55 Å². The third kappa shape index (κ3) is 3.20. The second kappa shape index (κ2) is 6.00. The SMILES string of the molecule is Cc1ccccc1OCCCC(=O)n1ccnc1. The summed E-state index contributed by atoms with van der Waals surface area (Å²) in [6.45, 7) is 2.55. The van der Waals surface area contributed by atoms with E-state index in [4.69, 9.17) is 4.74 Å². The summed E-state index contributed by atoms with van der Waals surface area (Å²) >= 11 is 0. The van der Waals surface area contributed by atoms with Gasteiger partial charge in [0.05, 0.1) is 6.61 Å². The third-order valence-corrected chi connectivity index (χ3v) is 2.68. The molecule has 0 N–H and O–H groups in total. The van der Waals surface area contributed by atoms with Crippen molar-refractivity contribution in [3.8, 4) is 5.75 Å². The van der Waals surface area contributed by atoms with Crippen LogP contribution in [-0.4, -0.2) is 22.1 Å². The third-order valence-electron chi connectivity index (χ3n) is 2.68. The quantitative estimate of drug-likeness (QED) is 0.759. The van der Waals surface area contributed by atoms with Crippen LogP contribution in [0.15, 0.2) is 43.0 Å². The molecular formula is C14H16N2O2. The van der Waals surface area contributed by atoms with Crippen LogP contribution in [0.2, 0.25) is 0 Å². The molecule has 0 aliphatic carbocycles. The number of hydrogen-bond acceptors (Lipinski definition) is 3. The molecule has 0 saturated heterocycles. The maximum atomic E-state index is 11.7. The number of aromatic nitrogens is 2. The highest BCUT2D eigenvalue weighted by Gasteiger charge is 2.04. The summed E-state index contributed by atoms with van der Waals surface area (Å²) in [5.74, 6) is 0.925. The molecule has 0 aliphatic rings. The molecule has 0 bridgehead atoms. The topological polar surface area (TPSA) is 44.1 Å². The van der Waals surface area contributed by atoms with Crippen LogP contribution in [0.1, 0.15) is 23.2 Å². The van der Waals surface area contributed by atoms with E-state index in [9.17, 15) is 4.79 Å². The summed E-state index contributed by atoms with van der Waals surface area (Å²) < 4.78 is 7.12. The molecular weight excluding hydrogens is 228 g/mol. The van der Waals surface area contributed by atoms with Crippen LogP contribution < -0.4 is 4.74 Å². The van der Waals surface area contributed by atoms with E-state index in [1.165, 1.54) is 10.9 Å². The van der Waals surface area contributed by atoms with Crippen molar-refractivity contribution in [3.05, 3.63) is 48.5 Å². The average Bonchev–Trinajstić information content (AvgIpc) is 2.90. The van der Waals surface area contributed by atoms with Gasteiger partial charge in [-0.1, -0.05) is 18.2 Å². The maximum Gasteiger partial charge on any atom is 0.231 e. The Kier molecular flexibility index (Phi) is 4.12. The molecule has 0 aliphatic heterocycles. The lowest BCUT2D eigenvalue weighted by Gasteiger charge is -2.08. The van der Waals surface area contributed by atoms with Crippen molar-refractivity contribution in [1.29, 1.82) is 0 Å². The lowest BCUT2D eigenvalue weighted by atomic mass is 10.2. The smallest absolute Gasteiger partial charge is 0.231 e. The van der Waals surface area contributed by atoms with Crippen molar-refractivity contribution >= 4 is 5.91 Å². The van der Waals surface area contributed by atoms with Gasteiger partial charge in [0.25, 0.3) is 0 Å². The lowest BCUT2D eigenvalue weighted by molar-refractivity contribution is 0.0893. The highest BCUT2D eigenvalue weighted by Crippen LogP contribution is 2.16. The normalized spacial score (nSPS) is 10.3. The Bertz CT molecular complexity index is 506. The molecule has 0 unspecified atom stereocenters. The summed E-state index contributed by atoms with van der Waals surface area (Å²) in [4.78, 5) is 15.5. The Labute approximate surface area is 106 Å². The van der Waals surface area contributed by atoms with Gasteiger partial charge in [0.15, 0.2) is 0 Å². The van der Waals surface area contributed by atoms with Gasteiger partial charge in [-0.05, 0) is 25.0 Å². The molecule has 0 amide bonds. The standard InChI is InChI=1S/C14H16N2O2/c1-12-5-2-3-6-13(12)18-10-4-7-14(17)16-9-8-15-11-16/h2-3,5-6,8-9,11H,4,7,10H2,1H3. The molecule has 18 heavy (non-hydrogen) atoms. The van der Waals surface area contributed by atoms with E-state index in [1.54, 1.807) is 12.4 Å². The number of hydrogen-bond donors (Lipinski definition) is 0. The monoisotopic (exact) mass is 244 g/mol. The molecule has 2 rings (SSSR count). The molecule has 0 fully saturated rings. The summed E-state index contributed by atoms with van der Waals surface area (Å²) in [5, 5.41) is 0. The molecule has 94 valence electrons. The van der Waals surface area contributed by atoms with E-state index in [-0.39, 0.29) is 5.91 Å². The Morgan fingerprint density at radius 2 is 2.22 bits per heavy atom. The molecule has 4 nitrogen and oxygen atoms in total. The van der Waals surface area contributed by atoms with E-state index in [0.29, 0.717) is 19.4 Å². The average molecular weight is 244 g/mol. The van der Waals surface area contributed by atoms with E-state index in [1.807, 2.05) is 31.2 Å². The molecule has 1 aromatic carbocycles. The number of nitrogens with zero attached hydrogens (tertiary/aromatic N) is 2. The Balaban J connectivity index is 1.74. The van der Waals surface area contributed by atoms with Crippen LogP contribution >= 0.6 is 0 Å². The van der Waals surface area contributed by atoms with E-state index in [0.717, 1.165) is 11.3 Å². The van der Waals surface area contributed by atoms with Gasteiger partial charge >= 0.3 is 0 Å². The van der Waals surface area contributed by atoms with E-state index < -0.39 is 0 Å². The first-order valence-corrected chi connectivity index (χ1v) is 5.97. The number of carbonyl (C=O) groups is 1.